The maximum absolute atomic E-state index is 11.8. The van der Waals surface area contributed by atoms with Gasteiger partial charge in [-0.1, -0.05) is 17.7 Å². The molecule has 116 valence electrons. The van der Waals surface area contributed by atoms with E-state index in [1.807, 2.05) is 20.8 Å². The monoisotopic (exact) mass is 307 g/mol. The van der Waals surface area contributed by atoms with Crippen LogP contribution >= 0.6 is 11.8 Å². The molecular weight excluding hydrogens is 282 g/mol. The van der Waals surface area contributed by atoms with Gasteiger partial charge in [-0.05, 0) is 52.2 Å². The minimum absolute atomic E-state index is 0.158. The number of hydrogen-bond donors (Lipinski definition) is 1. The van der Waals surface area contributed by atoms with E-state index >= 15 is 0 Å². The Kier molecular flexibility index (Phi) is 5.33. The zero-order valence-corrected chi connectivity index (χ0v) is 14.2. The second-order valence-corrected chi connectivity index (χ2v) is 7.66. The molecule has 0 aromatic heterocycles. The van der Waals surface area contributed by atoms with Crippen LogP contribution in [-0.2, 0) is 16.1 Å². The summed E-state index contributed by atoms with van der Waals surface area (Å²) >= 11 is 1.56. The molecule has 0 amide bonds. The molecule has 1 aromatic carbocycles. The predicted octanol–water partition coefficient (Wildman–Crippen LogP) is 3.68. The molecule has 2 rings (SSSR count). The molecular formula is C17H25NO2S. The lowest BCUT2D eigenvalue weighted by Gasteiger charge is -2.19. The van der Waals surface area contributed by atoms with Crippen LogP contribution < -0.4 is 5.32 Å². The van der Waals surface area contributed by atoms with Gasteiger partial charge in [-0.15, -0.1) is 11.8 Å². The Balaban J connectivity index is 1.93. The Labute approximate surface area is 131 Å². The largest absolute Gasteiger partial charge is 0.459 e. The number of ether oxygens (including phenoxy) is 1. The average molecular weight is 307 g/mol. The fourth-order valence-corrected chi connectivity index (χ4v) is 2.85. The number of hydrogen-bond acceptors (Lipinski definition) is 4. The van der Waals surface area contributed by atoms with Gasteiger partial charge in [0, 0.05) is 17.5 Å². The van der Waals surface area contributed by atoms with Gasteiger partial charge in [-0.3, -0.25) is 4.79 Å². The van der Waals surface area contributed by atoms with Gasteiger partial charge in [0.2, 0.25) is 0 Å². The van der Waals surface area contributed by atoms with Gasteiger partial charge in [0.15, 0.2) is 0 Å². The minimum Gasteiger partial charge on any atom is -0.459 e. The summed E-state index contributed by atoms with van der Waals surface area (Å²) in [7, 11) is 0. The molecule has 1 N–H and O–H groups in total. The second-order valence-electron chi connectivity index (χ2n) is 6.64. The Morgan fingerprint density at radius 3 is 2.71 bits per heavy atom. The summed E-state index contributed by atoms with van der Waals surface area (Å²) in [5, 5.41) is 3.54. The Morgan fingerprint density at radius 2 is 2.10 bits per heavy atom. The molecule has 4 heteroatoms. The fraction of sp³-hybridized carbons (Fsp3) is 0.588. The number of nitrogens with one attached hydrogen (secondary N) is 1. The van der Waals surface area contributed by atoms with E-state index in [1.165, 1.54) is 28.9 Å². The van der Waals surface area contributed by atoms with Crippen molar-refractivity contribution in [2.45, 2.75) is 63.6 Å². The predicted molar refractivity (Wildman–Crippen MR) is 87.6 cm³/mol. The standard InChI is InChI=1S/C17H25NO2S/c1-12-5-8-15(13(9-12)10-18-14-6-7-14)21-11-16(19)20-17(2,3)4/h5,8-9,14,18H,6-7,10-11H2,1-4H3. The Morgan fingerprint density at radius 1 is 1.38 bits per heavy atom. The molecule has 0 radical (unpaired) electrons. The van der Waals surface area contributed by atoms with Crippen LogP contribution in [0.15, 0.2) is 23.1 Å². The van der Waals surface area contributed by atoms with Crippen LogP contribution in [0.4, 0.5) is 0 Å². The van der Waals surface area contributed by atoms with Crippen LogP contribution in [0.1, 0.15) is 44.7 Å². The van der Waals surface area contributed by atoms with Gasteiger partial charge in [0.05, 0.1) is 5.75 Å². The third kappa shape index (κ3) is 6.10. The van der Waals surface area contributed by atoms with Gasteiger partial charge in [0.1, 0.15) is 5.60 Å². The molecule has 0 unspecified atom stereocenters. The lowest BCUT2D eigenvalue weighted by atomic mass is 10.1. The Bertz CT molecular complexity index is 504. The molecule has 1 saturated carbocycles. The number of thioether (sulfide) groups is 1. The number of carbonyl (C=O) groups excluding carboxylic acids is 1. The molecule has 1 aliphatic carbocycles. The van der Waals surface area contributed by atoms with Gasteiger partial charge < -0.3 is 10.1 Å². The highest BCUT2D eigenvalue weighted by atomic mass is 32.2. The number of rotatable bonds is 6. The van der Waals surface area contributed by atoms with Crippen molar-refractivity contribution in [1.82, 2.24) is 5.32 Å². The molecule has 0 spiro atoms. The molecule has 1 aliphatic rings. The first-order chi connectivity index (χ1) is 9.83. The van der Waals surface area contributed by atoms with Crippen molar-refractivity contribution in [3.63, 3.8) is 0 Å². The van der Waals surface area contributed by atoms with Crippen molar-refractivity contribution in [2.75, 3.05) is 5.75 Å². The van der Waals surface area contributed by atoms with Crippen LogP contribution in [0.3, 0.4) is 0 Å². The van der Waals surface area contributed by atoms with Crippen molar-refractivity contribution >= 4 is 17.7 Å². The summed E-state index contributed by atoms with van der Waals surface area (Å²) in [6, 6.07) is 7.09. The number of esters is 1. The fourth-order valence-electron chi connectivity index (χ4n) is 2.04. The van der Waals surface area contributed by atoms with Crippen LogP contribution in [-0.4, -0.2) is 23.4 Å². The highest BCUT2D eigenvalue weighted by molar-refractivity contribution is 8.00. The smallest absolute Gasteiger partial charge is 0.316 e. The van der Waals surface area contributed by atoms with Gasteiger partial charge in [-0.25, -0.2) is 0 Å². The zero-order valence-electron chi connectivity index (χ0n) is 13.4. The molecule has 1 aromatic rings. The van der Waals surface area contributed by atoms with Crippen molar-refractivity contribution in [1.29, 1.82) is 0 Å². The summed E-state index contributed by atoms with van der Waals surface area (Å²) in [4.78, 5) is 13.0. The molecule has 0 bridgehead atoms. The maximum Gasteiger partial charge on any atom is 0.316 e. The summed E-state index contributed by atoms with van der Waals surface area (Å²) in [6.07, 6.45) is 2.57. The minimum atomic E-state index is -0.415. The second kappa shape index (κ2) is 6.84. The molecule has 3 nitrogen and oxygen atoms in total. The number of aryl methyl sites for hydroxylation is 1. The molecule has 0 heterocycles. The van der Waals surface area contributed by atoms with Crippen LogP contribution in [0.25, 0.3) is 0 Å². The van der Waals surface area contributed by atoms with Crippen LogP contribution in [0.5, 0.6) is 0 Å². The molecule has 0 atom stereocenters. The maximum atomic E-state index is 11.8. The first-order valence-electron chi connectivity index (χ1n) is 7.51. The summed E-state index contributed by atoms with van der Waals surface area (Å²) < 4.78 is 5.36. The lowest BCUT2D eigenvalue weighted by Crippen LogP contribution is -2.25. The van der Waals surface area contributed by atoms with Crippen molar-refractivity contribution in [2.24, 2.45) is 0 Å². The van der Waals surface area contributed by atoms with E-state index < -0.39 is 5.60 Å². The van der Waals surface area contributed by atoms with Gasteiger partial charge >= 0.3 is 5.97 Å². The average Bonchev–Trinajstić information content (AvgIpc) is 3.17. The van der Waals surface area contributed by atoms with E-state index in [4.69, 9.17) is 4.74 Å². The molecule has 1 fully saturated rings. The Hall–Kier alpha value is -1.00. The third-order valence-corrected chi connectivity index (χ3v) is 4.23. The quantitative estimate of drug-likeness (QED) is 0.643. The van der Waals surface area contributed by atoms with Crippen molar-refractivity contribution in [3.05, 3.63) is 29.3 Å². The highest BCUT2D eigenvalue weighted by Gasteiger charge is 2.21. The lowest BCUT2D eigenvalue weighted by molar-refractivity contribution is -0.151. The van der Waals surface area contributed by atoms with Gasteiger partial charge in [-0.2, -0.15) is 0 Å². The normalized spacial score (nSPS) is 15.0. The van der Waals surface area contributed by atoms with E-state index in [-0.39, 0.29) is 5.97 Å². The first kappa shape index (κ1) is 16.4. The first-order valence-corrected chi connectivity index (χ1v) is 8.49. The summed E-state index contributed by atoms with van der Waals surface area (Å²) in [5.74, 6) is 0.200. The summed E-state index contributed by atoms with van der Waals surface area (Å²) in [6.45, 7) is 8.66. The summed E-state index contributed by atoms with van der Waals surface area (Å²) in [5.41, 5.74) is 2.11. The van der Waals surface area contributed by atoms with Gasteiger partial charge in [0.25, 0.3) is 0 Å². The topological polar surface area (TPSA) is 38.3 Å². The van der Waals surface area contributed by atoms with E-state index in [0.29, 0.717) is 11.8 Å². The van der Waals surface area contributed by atoms with Crippen LogP contribution in [0, 0.1) is 6.92 Å². The van der Waals surface area contributed by atoms with Crippen molar-refractivity contribution < 1.29 is 9.53 Å². The van der Waals surface area contributed by atoms with E-state index in [1.54, 1.807) is 11.8 Å². The van der Waals surface area contributed by atoms with E-state index in [0.717, 1.165) is 6.54 Å². The number of benzene rings is 1. The third-order valence-electron chi connectivity index (χ3n) is 3.14. The molecule has 0 saturated heterocycles. The van der Waals surface area contributed by atoms with E-state index in [9.17, 15) is 4.79 Å². The van der Waals surface area contributed by atoms with Crippen LogP contribution in [0.2, 0.25) is 0 Å². The molecule has 0 aliphatic heterocycles. The van der Waals surface area contributed by atoms with Crippen molar-refractivity contribution in [3.8, 4) is 0 Å². The number of carbonyl (C=O) groups is 1. The highest BCUT2D eigenvalue weighted by Crippen LogP contribution is 2.26. The van der Waals surface area contributed by atoms with E-state index in [2.05, 4.69) is 30.4 Å². The zero-order chi connectivity index (χ0) is 15.5. The molecule has 21 heavy (non-hydrogen) atoms. The SMILES string of the molecule is Cc1ccc(SCC(=O)OC(C)(C)C)c(CNC2CC2)c1.